The normalized spacial score (nSPS) is 35.2. The molecule has 0 fully saturated rings. The molecular weight excluding hydrogens is 144 g/mol. The minimum atomic E-state index is 0.451. The van der Waals surface area contributed by atoms with Gasteiger partial charge in [0.25, 0.3) is 0 Å². The minimum absolute atomic E-state index is 0.451. The van der Waals surface area contributed by atoms with Gasteiger partial charge in [-0.05, 0) is 11.5 Å². The molecule has 10 heavy (non-hydrogen) atoms. The molecule has 0 aromatic heterocycles. The summed E-state index contributed by atoms with van der Waals surface area (Å²) in [5.74, 6) is 0. The summed E-state index contributed by atoms with van der Waals surface area (Å²) < 4.78 is 0. The van der Waals surface area contributed by atoms with Crippen LogP contribution in [0.4, 0.5) is 0 Å². The number of rotatable bonds is 0. The number of fused-ring (bicyclic) bond motifs is 1. The van der Waals surface area contributed by atoms with Crippen molar-refractivity contribution >= 4 is 18.0 Å². The van der Waals surface area contributed by atoms with E-state index in [1.54, 1.807) is 11.8 Å². The highest BCUT2D eigenvalue weighted by Gasteiger charge is 2.19. The largest absolute Gasteiger partial charge is 0.383 e. The molecule has 0 aromatic carbocycles. The smallest absolute Gasteiger partial charge is 0.0680 e. The summed E-state index contributed by atoms with van der Waals surface area (Å²) in [4.78, 5) is 4.06. The molecule has 2 atom stereocenters. The van der Waals surface area contributed by atoms with Crippen LogP contribution in [0.5, 0.6) is 0 Å². The van der Waals surface area contributed by atoms with E-state index in [-0.39, 0.29) is 0 Å². The zero-order valence-electron chi connectivity index (χ0n) is 5.40. The van der Waals surface area contributed by atoms with Crippen molar-refractivity contribution in [1.29, 1.82) is 0 Å². The van der Waals surface area contributed by atoms with Crippen LogP contribution in [0.15, 0.2) is 28.9 Å². The summed E-state index contributed by atoms with van der Waals surface area (Å²) >= 11 is 1.80. The summed E-state index contributed by atoms with van der Waals surface area (Å²) in [6, 6.07) is 0.451. The van der Waals surface area contributed by atoms with Gasteiger partial charge in [-0.25, -0.2) is 0 Å². The number of hydrogen-bond donors (Lipinski definition) is 1. The first-order chi connectivity index (χ1) is 4.97. The quantitative estimate of drug-likeness (QED) is 0.562. The van der Waals surface area contributed by atoms with Gasteiger partial charge in [-0.3, -0.25) is 4.99 Å². The number of nitrogens with one attached hydrogen (secondary N) is 1. The summed E-state index contributed by atoms with van der Waals surface area (Å²) in [5.41, 5.74) is 0. The van der Waals surface area contributed by atoms with Crippen LogP contribution in [0.25, 0.3) is 0 Å². The summed E-state index contributed by atoms with van der Waals surface area (Å²) in [6.07, 6.45) is 7.89. The van der Waals surface area contributed by atoms with Gasteiger partial charge in [0.15, 0.2) is 0 Å². The predicted molar refractivity (Wildman–Crippen MR) is 45.1 cm³/mol. The Bertz CT molecular complexity index is 186. The predicted octanol–water partition coefficient (Wildman–Crippen LogP) is 1.13. The lowest BCUT2D eigenvalue weighted by Crippen LogP contribution is -2.37. The van der Waals surface area contributed by atoms with Crippen LogP contribution < -0.4 is 5.32 Å². The maximum absolute atomic E-state index is 4.06. The second-order valence-corrected chi connectivity index (χ2v) is 3.32. The highest BCUT2D eigenvalue weighted by Crippen LogP contribution is 2.20. The summed E-state index contributed by atoms with van der Waals surface area (Å²) in [6.45, 7) is 0. The number of aliphatic imine (C=N–C) groups is 1. The highest BCUT2D eigenvalue weighted by molar-refractivity contribution is 8.03. The fourth-order valence-corrected chi connectivity index (χ4v) is 1.85. The molecule has 2 heterocycles. The molecule has 0 radical (unpaired) electrons. The first-order valence-corrected chi connectivity index (χ1v) is 4.17. The van der Waals surface area contributed by atoms with E-state index >= 15 is 0 Å². The zero-order chi connectivity index (χ0) is 6.81. The van der Waals surface area contributed by atoms with E-state index in [1.807, 2.05) is 18.6 Å². The van der Waals surface area contributed by atoms with Crippen molar-refractivity contribution in [1.82, 2.24) is 5.32 Å². The molecule has 2 unspecified atom stereocenters. The minimum Gasteiger partial charge on any atom is -0.383 e. The summed E-state index contributed by atoms with van der Waals surface area (Å²) in [5, 5.41) is 5.80. The van der Waals surface area contributed by atoms with Crippen LogP contribution in [0.1, 0.15) is 0 Å². The Hall–Kier alpha value is -0.700. The molecular formula is C7H8N2S. The molecule has 0 aromatic rings. The second kappa shape index (κ2) is 2.50. The Balaban J connectivity index is 2.19. The van der Waals surface area contributed by atoms with Gasteiger partial charge in [0.05, 0.1) is 11.3 Å². The number of thioether (sulfide) groups is 1. The standard InChI is InChI=1S/C7H8N2S/c1-2-8-5-7-6(1)9-3-4-10-7/h1-7,9H. The van der Waals surface area contributed by atoms with E-state index in [0.717, 1.165) is 0 Å². The first-order valence-electron chi connectivity index (χ1n) is 3.23. The fraction of sp³-hybridized carbons (Fsp3) is 0.286. The molecule has 0 bridgehead atoms. The van der Waals surface area contributed by atoms with Crippen LogP contribution in [0, 0.1) is 0 Å². The van der Waals surface area contributed by atoms with Gasteiger partial charge in [-0.2, -0.15) is 0 Å². The van der Waals surface area contributed by atoms with Gasteiger partial charge in [0.1, 0.15) is 0 Å². The lowest BCUT2D eigenvalue weighted by atomic mass is 10.2. The van der Waals surface area contributed by atoms with Crippen molar-refractivity contribution in [3.8, 4) is 0 Å². The average Bonchev–Trinajstić information content (AvgIpc) is 2.05. The van der Waals surface area contributed by atoms with Crippen molar-refractivity contribution < 1.29 is 0 Å². The Morgan fingerprint density at radius 3 is 3.40 bits per heavy atom. The molecule has 0 amide bonds. The van der Waals surface area contributed by atoms with Crippen LogP contribution >= 0.6 is 11.8 Å². The van der Waals surface area contributed by atoms with Crippen molar-refractivity contribution in [3.63, 3.8) is 0 Å². The third-order valence-electron chi connectivity index (χ3n) is 1.56. The Morgan fingerprint density at radius 1 is 1.50 bits per heavy atom. The van der Waals surface area contributed by atoms with Gasteiger partial charge >= 0.3 is 0 Å². The van der Waals surface area contributed by atoms with E-state index in [9.17, 15) is 0 Å². The van der Waals surface area contributed by atoms with Crippen LogP contribution in [0.3, 0.4) is 0 Å². The molecule has 52 valence electrons. The molecule has 2 aliphatic heterocycles. The van der Waals surface area contributed by atoms with E-state index < -0.39 is 0 Å². The average molecular weight is 152 g/mol. The number of hydrogen-bond acceptors (Lipinski definition) is 3. The molecule has 0 saturated heterocycles. The third kappa shape index (κ3) is 0.968. The van der Waals surface area contributed by atoms with Crippen LogP contribution in [0.2, 0.25) is 0 Å². The van der Waals surface area contributed by atoms with Gasteiger partial charge in [0, 0.05) is 18.6 Å². The van der Waals surface area contributed by atoms with Gasteiger partial charge in [-0.15, -0.1) is 11.8 Å². The Morgan fingerprint density at radius 2 is 2.50 bits per heavy atom. The Labute approximate surface area is 64.1 Å². The fourth-order valence-electron chi connectivity index (χ4n) is 1.03. The number of nitrogens with zero attached hydrogens (tertiary/aromatic N) is 1. The monoisotopic (exact) mass is 152 g/mol. The lowest BCUT2D eigenvalue weighted by molar-refractivity contribution is 0.731. The lowest BCUT2D eigenvalue weighted by Gasteiger charge is -2.24. The van der Waals surface area contributed by atoms with Gasteiger partial charge in [-0.1, -0.05) is 0 Å². The van der Waals surface area contributed by atoms with Gasteiger partial charge in [0.2, 0.25) is 0 Å². The molecule has 0 saturated carbocycles. The molecule has 2 rings (SSSR count). The van der Waals surface area contributed by atoms with Crippen molar-refractivity contribution in [3.05, 3.63) is 23.9 Å². The SMILES string of the molecule is C1=CC2NC=CSC2C=N1. The highest BCUT2D eigenvalue weighted by atomic mass is 32.2. The van der Waals surface area contributed by atoms with E-state index in [0.29, 0.717) is 11.3 Å². The maximum Gasteiger partial charge on any atom is 0.0680 e. The molecule has 1 N–H and O–H groups in total. The van der Waals surface area contributed by atoms with Crippen molar-refractivity contribution in [2.24, 2.45) is 4.99 Å². The third-order valence-corrected chi connectivity index (χ3v) is 2.58. The van der Waals surface area contributed by atoms with E-state index in [2.05, 4.69) is 21.8 Å². The van der Waals surface area contributed by atoms with E-state index in [4.69, 9.17) is 0 Å². The summed E-state index contributed by atoms with van der Waals surface area (Å²) in [7, 11) is 0. The topological polar surface area (TPSA) is 24.4 Å². The van der Waals surface area contributed by atoms with Crippen molar-refractivity contribution in [2.45, 2.75) is 11.3 Å². The second-order valence-electron chi connectivity index (χ2n) is 2.24. The molecule has 2 aliphatic rings. The van der Waals surface area contributed by atoms with Crippen LogP contribution in [-0.4, -0.2) is 17.5 Å². The van der Waals surface area contributed by atoms with Crippen LogP contribution in [-0.2, 0) is 0 Å². The molecule has 0 aliphatic carbocycles. The van der Waals surface area contributed by atoms with E-state index in [1.165, 1.54) is 0 Å². The zero-order valence-corrected chi connectivity index (χ0v) is 6.21. The van der Waals surface area contributed by atoms with Crippen molar-refractivity contribution in [2.75, 3.05) is 0 Å². The molecule has 2 nitrogen and oxygen atoms in total. The Kier molecular flexibility index (Phi) is 1.51. The molecule has 3 heteroatoms. The maximum atomic E-state index is 4.06. The van der Waals surface area contributed by atoms with Gasteiger partial charge < -0.3 is 5.32 Å². The first kappa shape index (κ1) is 6.04. The molecule has 0 spiro atoms.